The molecule has 120 valence electrons. The van der Waals surface area contributed by atoms with Crippen molar-refractivity contribution in [2.75, 3.05) is 19.0 Å². The molecule has 6 nitrogen and oxygen atoms in total. The largest absolute Gasteiger partial charge is 0.383 e. The molecule has 0 amide bonds. The first-order chi connectivity index (χ1) is 11.2. The van der Waals surface area contributed by atoms with E-state index >= 15 is 0 Å². The molecule has 0 aliphatic heterocycles. The number of nitrogens with one attached hydrogen (secondary N) is 1. The lowest BCUT2D eigenvalue weighted by molar-refractivity contribution is 0.182. The number of hydrogen-bond donors (Lipinski definition) is 1. The normalized spacial score (nSPS) is 11.1. The number of rotatable bonds is 6. The van der Waals surface area contributed by atoms with E-state index in [1.807, 2.05) is 35.9 Å². The summed E-state index contributed by atoms with van der Waals surface area (Å²) in [6, 6.07) is 7.85. The molecular formula is C17H21N5O. The summed E-state index contributed by atoms with van der Waals surface area (Å²) >= 11 is 0. The zero-order valence-corrected chi connectivity index (χ0v) is 13.7. The minimum atomic E-state index is 0.658. The zero-order valence-electron chi connectivity index (χ0n) is 13.7. The van der Waals surface area contributed by atoms with E-state index in [2.05, 4.69) is 27.3 Å². The lowest BCUT2D eigenvalue weighted by Gasteiger charge is -2.07. The Hall–Kier alpha value is -2.47. The van der Waals surface area contributed by atoms with Crippen LogP contribution in [0, 0.1) is 13.8 Å². The standard InChI is InChI=1S/C17H21N5O/c1-12-14(13(2)22(21-12)8-9-23-3)10-19-17-11-18-15-6-4-5-7-16(15)20-17/h4-7,11H,8-10H2,1-3H3,(H,19,20). The number of methoxy groups -OCH3 is 1. The predicted molar refractivity (Wildman–Crippen MR) is 90.4 cm³/mol. The van der Waals surface area contributed by atoms with E-state index in [0.29, 0.717) is 13.2 Å². The fourth-order valence-corrected chi connectivity index (χ4v) is 2.61. The number of benzene rings is 1. The molecule has 0 aliphatic carbocycles. The van der Waals surface area contributed by atoms with Gasteiger partial charge in [-0.3, -0.25) is 9.67 Å². The highest BCUT2D eigenvalue weighted by molar-refractivity contribution is 5.75. The smallest absolute Gasteiger partial charge is 0.145 e. The number of para-hydroxylation sites is 2. The van der Waals surface area contributed by atoms with E-state index in [1.54, 1.807) is 13.3 Å². The van der Waals surface area contributed by atoms with Crippen molar-refractivity contribution < 1.29 is 4.74 Å². The third kappa shape index (κ3) is 3.32. The molecule has 0 fully saturated rings. The minimum absolute atomic E-state index is 0.658. The number of ether oxygens (including phenoxy) is 1. The van der Waals surface area contributed by atoms with E-state index in [0.717, 1.165) is 34.8 Å². The van der Waals surface area contributed by atoms with Gasteiger partial charge in [-0.2, -0.15) is 5.10 Å². The second-order valence-corrected chi connectivity index (χ2v) is 5.46. The summed E-state index contributed by atoms with van der Waals surface area (Å²) in [6.07, 6.45) is 1.77. The first-order valence-electron chi connectivity index (χ1n) is 7.66. The Kier molecular flexibility index (Phi) is 4.52. The predicted octanol–water partition coefficient (Wildman–Crippen LogP) is 2.70. The van der Waals surface area contributed by atoms with Crippen LogP contribution in [0.5, 0.6) is 0 Å². The topological polar surface area (TPSA) is 64.9 Å². The molecule has 0 atom stereocenters. The van der Waals surface area contributed by atoms with Crippen molar-refractivity contribution in [3.05, 3.63) is 47.4 Å². The van der Waals surface area contributed by atoms with Crippen LogP contribution >= 0.6 is 0 Å². The van der Waals surface area contributed by atoms with Gasteiger partial charge in [0.15, 0.2) is 0 Å². The van der Waals surface area contributed by atoms with E-state index in [1.165, 1.54) is 5.56 Å². The number of hydrogen-bond acceptors (Lipinski definition) is 5. The Bertz CT molecular complexity index is 812. The van der Waals surface area contributed by atoms with Gasteiger partial charge >= 0.3 is 0 Å². The number of aryl methyl sites for hydroxylation is 1. The molecule has 0 spiro atoms. The van der Waals surface area contributed by atoms with Crippen LogP contribution in [0.2, 0.25) is 0 Å². The maximum absolute atomic E-state index is 5.13. The average Bonchev–Trinajstić information content (AvgIpc) is 2.84. The third-order valence-electron chi connectivity index (χ3n) is 3.93. The van der Waals surface area contributed by atoms with Gasteiger partial charge in [0.1, 0.15) is 5.82 Å². The first kappa shape index (κ1) is 15.4. The molecule has 6 heteroatoms. The van der Waals surface area contributed by atoms with Crippen molar-refractivity contribution in [3.8, 4) is 0 Å². The lowest BCUT2D eigenvalue weighted by Crippen LogP contribution is -2.08. The molecular weight excluding hydrogens is 290 g/mol. The van der Waals surface area contributed by atoms with E-state index in [-0.39, 0.29) is 0 Å². The molecule has 0 radical (unpaired) electrons. The molecule has 1 aromatic carbocycles. The summed E-state index contributed by atoms with van der Waals surface area (Å²) in [5.74, 6) is 0.771. The quantitative estimate of drug-likeness (QED) is 0.758. The SMILES string of the molecule is COCCn1nc(C)c(CNc2cnc3ccccc3n2)c1C. The van der Waals surface area contributed by atoms with Crippen molar-refractivity contribution in [2.45, 2.75) is 26.9 Å². The van der Waals surface area contributed by atoms with Crippen molar-refractivity contribution in [1.82, 2.24) is 19.7 Å². The summed E-state index contributed by atoms with van der Waals surface area (Å²) in [4.78, 5) is 9.01. The Morgan fingerprint density at radius 1 is 1.17 bits per heavy atom. The Morgan fingerprint density at radius 2 is 1.96 bits per heavy atom. The molecule has 0 unspecified atom stereocenters. The first-order valence-corrected chi connectivity index (χ1v) is 7.66. The fourth-order valence-electron chi connectivity index (χ4n) is 2.61. The molecule has 0 bridgehead atoms. The van der Waals surface area contributed by atoms with Gasteiger partial charge in [0.25, 0.3) is 0 Å². The van der Waals surface area contributed by atoms with Crippen LogP contribution in [0.1, 0.15) is 17.0 Å². The minimum Gasteiger partial charge on any atom is -0.383 e. The summed E-state index contributed by atoms with van der Waals surface area (Å²) in [6.45, 7) is 6.21. The second kappa shape index (κ2) is 6.75. The van der Waals surface area contributed by atoms with Crippen molar-refractivity contribution in [2.24, 2.45) is 0 Å². The van der Waals surface area contributed by atoms with Gasteiger partial charge in [-0.15, -0.1) is 0 Å². The van der Waals surface area contributed by atoms with E-state index < -0.39 is 0 Å². The number of fused-ring (bicyclic) bond motifs is 1. The van der Waals surface area contributed by atoms with Gasteiger partial charge in [-0.25, -0.2) is 4.98 Å². The summed E-state index contributed by atoms with van der Waals surface area (Å²) in [5, 5.41) is 7.92. The number of anilines is 1. The Labute approximate surface area is 135 Å². The van der Waals surface area contributed by atoms with E-state index in [9.17, 15) is 0 Å². The highest BCUT2D eigenvalue weighted by atomic mass is 16.5. The highest BCUT2D eigenvalue weighted by Crippen LogP contribution is 2.16. The van der Waals surface area contributed by atoms with Crippen LogP contribution in [0.4, 0.5) is 5.82 Å². The van der Waals surface area contributed by atoms with Crippen LogP contribution in [0.25, 0.3) is 11.0 Å². The molecule has 0 saturated heterocycles. The van der Waals surface area contributed by atoms with Crippen LogP contribution in [-0.2, 0) is 17.8 Å². The third-order valence-corrected chi connectivity index (χ3v) is 3.93. The van der Waals surface area contributed by atoms with Gasteiger partial charge in [0.2, 0.25) is 0 Å². The number of nitrogens with zero attached hydrogens (tertiary/aromatic N) is 4. The second-order valence-electron chi connectivity index (χ2n) is 5.46. The molecule has 2 heterocycles. The lowest BCUT2D eigenvalue weighted by atomic mass is 10.2. The van der Waals surface area contributed by atoms with Crippen LogP contribution in [0.15, 0.2) is 30.5 Å². The molecule has 1 N–H and O–H groups in total. The summed E-state index contributed by atoms with van der Waals surface area (Å²) < 4.78 is 7.11. The Balaban J connectivity index is 1.75. The maximum Gasteiger partial charge on any atom is 0.145 e. The van der Waals surface area contributed by atoms with Gasteiger partial charge < -0.3 is 10.1 Å². The highest BCUT2D eigenvalue weighted by Gasteiger charge is 2.11. The van der Waals surface area contributed by atoms with Crippen LogP contribution in [-0.4, -0.2) is 33.5 Å². The van der Waals surface area contributed by atoms with Crippen molar-refractivity contribution >= 4 is 16.9 Å². The van der Waals surface area contributed by atoms with Gasteiger partial charge in [0.05, 0.1) is 36.1 Å². The van der Waals surface area contributed by atoms with Gasteiger partial charge in [-0.05, 0) is 26.0 Å². The number of aromatic nitrogens is 4. The van der Waals surface area contributed by atoms with Gasteiger partial charge in [0, 0.05) is 24.9 Å². The Morgan fingerprint density at radius 3 is 2.74 bits per heavy atom. The molecule has 3 aromatic rings. The summed E-state index contributed by atoms with van der Waals surface area (Å²) in [7, 11) is 1.70. The molecule has 3 rings (SSSR count). The maximum atomic E-state index is 5.13. The van der Waals surface area contributed by atoms with E-state index in [4.69, 9.17) is 4.74 Å². The van der Waals surface area contributed by atoms with Crippen molar-refractivity contribution in [3.63, 3.8) is 0 Å². The van der Waals surface area contributed by atoms with Crippen molar-refractivity contribution in [1.29, 1.82) is 0 Å². The average molecular weight is 311 g/mol. The van der Waals surface area contributed by atoms with Crippen LogP contribution < -0.4 is 5.32 Å². The summed E-state index contributed by atoms with van der Waals surface area (Å²) in [5.41, 5.74) is 5.16. The molecule has 0 saturated carbocycles. The van der Waals surface area contributed by atoms with Gasteiger partial charge in [-0.1, -0.05) is 12.1 Å². The van der Waals surface area contributed by atoms with Crippen LogP contribution in [0.3, 0.4) is 0 Å². The monoisotopic (exact) mass is 311 g/mol. The zero-order chi connectivity index (χ0) is 16.2. The molecule has 0 aliphatic rings. The molecule has 23 heavy (non-hydrogen) atoms. The molecule has 2 aromatic heterocycles. The fraction of sp³-hybridized carbons (Fsp3) is 0.353.